The normalized spacial score (nSPS) is 7.26. The molecule has 0 aliphatic rings. The number of halogens is 2. The summed E-state index contributed by atoms with van der Waals surface area (Å²) >= 11 is 0. The molecule has 2 rings (SSSR count). The van der Waals surface area contributed by atoms with Crippen molar-refractivity contribution in [3.05, 3.63) is 60.7 Å². The Balaban J connectivity index is -0.000000233. The Labute approximate surface area is 152 Å². The molecule has 2 aromatic rings. The molecule has 0 heterocycles. The molecule has 0 aromatic heterocycles. The number of ether oxygens (including phenoxy) is 2. The van der Waals surface area contributed by atoms with Crippen molar-refractivity contribution in [2.45, 2.75) is 0 Å². The van der Waals surface area contributed by atoms with E-state index in [1.54, 1.807) is 14.2 Å². The number of hydrogen-bond acceptors (Lipinski definition) is 2. The fraction of sp³-hybridized carbons (Fsp3) is 0.143. The van der Waals surface area contributed by atoms with E-state index < -0.39 is 0 Å². The van der Waals surface area contributed by atoms with Gasteiger partial charge in [0.25, 0.3) is 0 Å². The van der Waals surface area contributed by atoms with Crippen LogP contribution in [-0.4, -0.2) is 37.3 Å². The third-order valence-corrected chi connectivity index (χ3v) is 1.96. The van der Waals surface area contributed by atoms with E-state index in [-0.39, 0.29) is 57.0 Å². The van der Waals surface area contributed by atoms with Crippen LogP contribution in [0, 0.1) is 0 Å². The van der Waals surface area contributed by atoms with Crippen LogP contribution >= 0.6 is 0 Å². The van der Waals surface area contributed by atoms with Gasteiger partial charge in [-0.1, -0.05) is 36.4 Å². The Kier molecular flexibility index (Phi) is 19.8. The summed E-state index contributed by atoms with van der Waals surface area (Å²) in [6.07, 6.45) is 0. The Morgan fingerprint density at radius 2 is 0.842 bits per heavy atom. The van der Waals surface area contributed by atoms with E-state index in [9.17, 15) is 0 Å². The van der Waals surface area contributed by atoms with E-state index in [2.05, 4.69) is 0 Å². The summed E-state index contributed by atoms with van der Waals surface area (Å²) in [5, 5.41) is 0. The molecule has 0 fully saturated rings. The van der Waals surface area contributed by atoms with Gasteiger partial charge in [-0.05, 0) is 24.3 Å². The first-order valence-electron chi connectivity index (χ1n) is 5.05. The molecule has 0 spiro atoms. The van der Waals surface area contributed by atoms with Gasteiger partial charge in [0.05, 0.1) is 14.2 Å². The molecule has 0 atom stereocenters. The first-order chi connectivity index (χ1) is 7.86. The zero-order valence-electron chi connectivity index (χ0n) is 11.1. The number of benzene rings is 2. The van der Waals surface area contributed by atoms with Crippen molar-refractivity contribution in [3.8, 4) is 11.5 Å². The second kappa shape index (κ2) is 15.8. The summed E-state index contributed by atoms with van der Waals surface area (Å²) in [4.78, 5) is 0. The fourth-order valence-electron chi connectivity index (χ4n) is 1.11. The molecule has 0 amide bonds. The van der Waals surface area contributed by atoms with E-state index in [1.165, 1.54) is 0 Å². The van der Waals surface area contributed by atoms with Crippen LogP contribution in [0.1, 0.15) is 0 Å². The molecule has 100 valence electrons. The van der Waals surface area contributed by atoms with Crippen molar-refractivity contribution in [3.63, 3.8) is 0 Å². The van der Waals surface area contributed by atoms with Crippen LogP contribution in [0.2, 0.25) is 0 Å². The van der Waals surface area contributed by atoms with Gasteiger partial charge in [-0.3, -0.25) is 0 Å². The number of methoxy groups -OCH3 is 2. The quantitative estimate of drug-likeness (QED) is 0.501. The maximum absolute atomic E-state index is 4.91. The van der Waals surface area contributed by atoms with Gasteiger partial charge >= 0.3 is 23.1 Å². The van der Waals surface area contributed by atoms with Crippen molar-refractivity contribution >= 4 is 23.1 Å². The van der Waals surface area contributed by atoms with Crippen molar-refractivity contribution in [1.29, 1.82) is 0 Å². The zero-order chi connectivity index (χ0) is 11.6. The third kappa shape index (κ3) is 11.3. The topological polar surface area (TPSA) is 18.5 Å². The van der Waals surface area contributed by atoms with Gasteiger partial charge in [-0.2, -0.15) is 0 Å². The smallest absolute Gasteiger partial charge is 1.00 e. The minimum absolute atomic E-state index is 0. The molecule has 0 radical (unpaired) electrons. The number of hydrogen-bond donors (Lipinski definition) is 0. The van der Waals surface area contributed by atoms with Crippen molar-refractivity contribution in [2.24, 2.45) is 0 Å². The maximum Gasteiger partial charge on any atom is 2.00 e. The molecule has 0 aliphatic heterocycles. The van der Waals surface area contributed by atoms with Crippen LogP contribution in [0.5, 0.6) is 11.5 Å². The summed E-state index contributed by atoms with van der Waals surface area (Å²) in [6.45, 7) is 0. The molecule has 0 N–H and O–H groups in total. The fourth-order valence-corrected chi connectivity index (χ4v) is 1.11. The largest absolute Gasteiger partial charge is 2.00 e. The SMILES string of the molecule is COc1ccccc1.COc1ccccc1.[Br-].[Br-].[Mg+2]. The van der Waals surface area contributed by atoms with Gasteiger partial charge in [0, 0.05) is 0 Å². The molecule has 19 heavy (non-hydrogen) atoms. The monoisotopic (exact) mass is 398 g/mol. The Hall–Kier alpha value is -0.234. The van der Waals surface area contributed by atoms with Crippen LogP contribution in [-0.2, 0) is 0 Å². The molecule has 0 saturated heterocycles. The summed E-state index contributed by atoms with van der Waals surface area (Å²) in [7, 11) is 3.32. The zero-order valence-corrected chi connectivity index (χ0v) is 15.6. The van der Waals surface area contributed by atoms with E-state index in [0.717, 1.165) is 11.5 Å². The first-order valence-corrected chi connectivity index (χ1v) is 5.05. The van der Waals surface area contributed by atoms with Crippen molar-refractivity contribution in [2.75, 3.05) is 14.2 Å². The second-order valence-electron chi connectivity index (χ2n) is 3.03. The van der Waals surface area contributed by atoms with Gasteiger partial charge in [-0.25, -0.2) is 0 Å². The molecule has 0 aliphatic carbocycles. The van der Waals surface area contributed by atoms with Crippen molar-refractivity contribution < 1.29 is 43.4 Å². The van der Waals surface area contributed by atoms with Crippen LogP contribution in [0.3, 0.4) is 0 Å². The Morgan fingerprint density at radius 1 is 0.579 bits per heavy atom. The third-order valence-electron chi connectivity index (χ3n) is 1.96. The van der Waals surface area contributed by atoms with Gasteiger partial charge in [0.1, 0.15) is 11.5 Å². The molecular formula is C14H16Br2MgO2. The number of para-hydroxylation sites is 2. The van der Waals surface area contributed by atoms with Gasteiger partial charge in [-0.15, -0.1) is 0 Å². The molecule has 2 nitrogen and oxygen atoms in total. The van der Waals surface area contributed by atoms with Crippen LogP contribution < -0.4 is 43.4 Å². The predicted octanol–water partition coefficient (Wildman–Crippen LogP) is -2.98. The van der Waals surface area contributed by atoms with Crippen LogP contribution in [0.25, 0.3) is 0 Å². The predicted molar refractivity (Wildman–Crippen MR) is 71.7 cm³/mol. The molecule has 5 heteroatoms. The first kappa shape index (κ1) is 23.8. The maximum atomic E-state index is 4.91. The van der Waals surface area contributed by atoms with E-state index in [4.69, 9.17) is 9.47 Å². The molecule has 0 unspecified atom stereocenters. The minimum atomic E-state index is 0. The van der Waals surface area contributed by atoms with E-state index in [0.29, 0.717) is 0 Å². The minimum Gasteiger partial charge on any atom is -1.00 e. The van der Waals surface area contributed by atoms with Gasteiger partial charge in [0.15, 0.2) is 0 Å². The summed E-state index contributed by atoms with van der Waals surface area (Å²) in [5.41, 5.74) is 0. The Morgan fingerprint density at radius 3 is 1.00 bits per heavy atom. The van der Waals surface area contributed by atoms with Crippen LogP contribution in [0.4, 0.5) is 0 Å². The van der Waals surface area contributed by atoms with E-state index in [1.807, 2.05) is 60.7 Å². The summed E-state index contributed by atoms with van der Waals surface area (Å²) in [5.74, 6) is 1.82. The molecule has 0 saturated carbocycles. The van der Waals surface area contributed by atoms with Crippen molar-refractivity contribution in [1.82, 2.24) is 0 Å². The Bertz CT molecular complexity index is 346. The second-order valence-corrected chi connectivity index (χ2v) is 3.03. The summed E-state index contributed by atoms with van der Waals surface area (Å²) in [6, 6.07) is 19.4. The summed E-state index contributed by atoms with van der Waals surface area (Å²) < 4.78 is 9.83. The molecule has 0 bridgehead atoms. The average molecular weight is 400 g/mol. The van der Waals surface area contributed by atoms with Gasteiger partial charge < -0.3 is 43.4 Å². The van der Waals surface area contributed by atoms with Crippen LogP contribution in [0.15, 0.2) is 60.7 Å². The van der Waals surface area contributed by atoms with Gasteiger partial charge in [0.2, 0.25) is 0 Å². The molecular weight excluding hydrogens is 384 g/mol. The number of rotatable bonds is 2. The van der Waals surface area contributed by atoms with E-state index >= 15 is 0 Å². The molecule has 2 aromatic carbocycles. The average Bonchev–Trinajstić information content (AvgIpc) is 2.41. The standard InChI is InChI=1S/2C7H8O.2BrH.Mg/c2*1-8-7-5-3-2-4-6-7;;;/h2*2-6H,1H3;2*1H;/q;;;;+2/p-2.